The molecule has 2 fully saturated rings. The molecule has 18 nitrogen and oxygen atoms in total. The molecule has 240 valence electrons. The van der Waals surface area contributed by atoms with Gasteiger partial charge < -0.3 is 90.4 Å². The predicted octanol–water partition coefficient (Wildman–Crippen LogP) is -8.47. The molecule has 0 bridgehead atoms. The van der Waals surface area contributed by atoms with Crippen LogP contribution in [0.4, 0.5) is 0 Å². The lowest BCUT2D eigenvalue weighted by atomic mass is 9.91. The first-order valence-corrected chi connectivity index (χ1v) is 12.4. The summed E-state index contributed by atoms with van der Waals surface area (Å²) in [6, 6.07) is 0. The zero-order valence-electron chi connectivity index (χ0n) is 21.8. The van der Waals surface area contributed by atoms with Gasteiger partial charge in [-0.3, -0.25) is 0 Å². The molecule has 0 aromatic carbocycles. The Hall–Kier alpha value is -0.720. The van der Waals surface area contributed by atoms with E-state index in [1.807, 2.05) is 0 Å². The Morgan fingerprint density at radius 3 is 1.38 bits per heavy atom. The van der Waals surface area contributed by atoms with E-state index in [0.717, 1.165) is 0 Å². The second kappa shape index (κ2) is 16.8. The summed E-state index contributed by atoms with van der Waals surface area (Å²) in [5.41, 5.74) is -2.32. The Morgan fingerprint density at radius 2 is 1.02 bits per heavy atom. The lowest BCUT2D eigenvalue weighted by Crippen LogP contribution is -2.62. The normalized spacial score (nSPS) is 35.0. The minimum Gasteiger partial charge on any atom is -0.396 e. The molecule has 2 rings (SSSR count). The Bertz CT molecular complexity index is 654. The molecule has 2 saturated heterocycles. The van der Waals surface area contributed by atoms with Crippen molar-refractivity contribution in [3.05, 3.63) is 0 Å². The molecule has 0 amide bonds. The van der Waals surface area contributed by atoms with Gasteiger partial charge in [0.05, 0.1) is 76.9 Å². The highest BCUT2D eigenvalue weighted by atomic mass is 16.8. The number of hydrogen-bond acceptors (Lipinski definition) is 18. The minimum atomic E-state index is -2.22. The molecule has 0 spiro atoms. The fourth-order valence-corrected chi connectivity index (χ4v) is 3.69. The van der Waals surface area contributed by atoms with Gasteiger partial charge in [-0.2, -0.15) is 0 Å². The highest BCUT2D eigenvalue weighted by molar-refractivity contribution is 4.98. The smallest absolute Gasteiger partial charge is 0.224 e. The number of ether oxygens (including phenoxy) is 4. The van der Waals surface area contributed by atoms with Gasteiger partial charge >= 0.3 is 0 Å². The monoisotopic (exact) mass is 596 g/mol. The van der Waals surface area contributed by atoms with Crippen LogP contribution in [0.3, 0.4) is 0 Å². The first-order valence-electron chi connectivity index (χ1n) is 12.4. The third kappa shape index (κ3) is 8.43. The van der Waals surface area contributed by atoms with Crippen molar-refractivity contribution in [1.29, 1.82) is 0 Å². The van der Waals surface area contributed by atoms with Gasteiger partial charge in [0, 0.05) is 0 Å². The van der Waals surface area contributed by atoms with Crippen molar-refractivity contribution in [3.8, 4) is 0 Å². The quantitative estimate of drug-likeness (QED) is 0.0834. The van der Waals surface area contributed by atoms with Gasteiger partial charge in [0.1, 0.15) is 49.3 Å². The minimum absolute atomic E-state index is 0.141. The first kappa shape index (κ1) is 37.3. The van der Waals surface area contributed by atoms with E-state index in [0.29, 0.717) is 0 Å². The zero-order chi connectivity index (χ0) is 30.7. The summed E-state index contributed by atoms with van der Waals surface area (Å²) in [7, 11) is 0. The van der Waals surface area contributed by atoms with Crippen molar-refractivity contribution < 1.29 is 90.4 Å². The van der Waals surface area contributed by atoms with Crippen molar-refractivity contribution in [3.63, 3.8) is 0 Å². The van der Waals surface area contributed by atoms with E-state index in [1.54, 1.807) is 0 Å². The molecule has 9 atom stereocenters. The average Bonchev–Trinajstić information content (AvgIpc) is 3.23. The molecule has 0 radical (unpaired) electrons. The molecular weight excluding hydrogens is 552 g/mol. The van der Waals surface area contributed by atoms with Crippen LogP contribution in [0.1, 0.15) is 0 Å². The van der Waals surface area contributed by atoms with E-state index < -0.39 is 125 Å². The molecule has 0 aromatic rings. The molecule has 2 heterocycles. The molecule has 2 aliphatic rings. The van der Waals surface area contributed by atoms with Crippen LogP contribution >= 0.6 is 0 Å². The first-order chi connectivity index (χ1) is 18.9. The lowest BCUT2D eigenvalue weighted by Gasteiger charge is -2.43. The van der Waals surface area contributed by atoms with Gasteiger partial charge in [-0.1, -0.05) is 0 Å². The summed E-state index contributed by atoms with van der Waals surface area (Å²) in [6.07, 6.45) is -12.7. The number of aliphatic hydroxyl groups is 14. The van der Waals surface area contributed by atoms with Crippen LogP contribution in [-0.2, 0) is 18.9 Å². The fourth-order valence-electron chi connectivity index (χ4n) is 3.69. The molecular formula is C22H44O18. The molecule has 0 aliphatic carbocycles. The van der Waals surface area contributed by atoms with Crippen LogP contribution in [0.2, 0.25) is 0 Å². The molecule has 18 heteroatoms. The number of aliphatic hydroxyl groups excluding tert-OH is 14. The van der Waals surface area contributed by atoms with E-state index in [-0.39, 0.29) is 13.2 Å². The highest BCUT2D eigenvalue weighted by Crippen LogP contribution is 2.35. The summed E-state index contributed by atoms with van der Waals surface area (Å²) in [4.78, 5) is 0. The van der Waals surface area contributed by atoms with E-state index in [1.165, 1.54) is 0 Å². The van der Waals surface area contributed by atoms with Crippen molar-refractivity contribution in [2.75, 3.05) is 72.7 Å². The summed E-state index contributed by atoms with van der Waals surface area (Å²) >= 11 is 0. The Balaban J connectivity index is 0.000000421. The maximum absolute atomic E-state index is 10.00. The maximum Gasteiger partial charge on any atom is 0.224 e. The van der Waals surface area contributed by atoms with Crippen LogP contribution in [0.15, 0.2) is 0 Å². The highest BCUT2D eigenvalue weighted by Gasteiger charge is 2.58. The summed E-state index contributed by atoms with van der Waals surface area (Å²) < 4.78 is 20.6. The summed E-state index contributed by atoms with van der Waals surface area (Å²) in [5, 5.41) is 131. The second-order valence-electron chi connectivity index (χ2n) is 10.0. The largest absolute Gasteiger partial charge is 0.396 e. The Labute approximate surface area is 229 Å². The summed E-state index contributed by atoms with van der Waals surface area (Å²) in [6.45, 7) is -5.33. The molecule has 14 N–H and O–H groups in total. The van der Waals surface area contributed by atoms with E-state index in [2.05, 4.69) is 0 Å². The topological polar surface area (TPSA) is 320 Å². The lowest BCUT2D eigenvalue weighted by molar-refractivity contribution is -0.383. The van der Waals surface area contributed by atoms with Gasteiger partial charge in [0.2, 0.25) is 5.79 Å². The SMILES string of the molecule is OCC(CO)(CO)COCC(CO)(CO)CO.OC[C@H]1O[C@@](CO)(O[C@H]2O[C@H](CO)[C@@H](O)[C@H](O)[C@H]2O)[C@@H](O)[C@@H]1O. The molecule has 0 unspecified atom stereocenters. The van der Waals surface area contributed by atoms with Gasteiger partial charge in [-0.15, -0.1) is 0 Å². The summed E-state index contributed by atoms with van der Waals surface area (Å²) in [5.74, 6) is -2.22. The number of hydrogen-bond donors (Lipinski definition) is 14. The van der Waals surface area contributed by atoms with Gasteiger partial charge in [-0.25, -0.2) is 0 Å². The molecule has 0 aromatic heterocycles. The van der Waals surface area contributed by atoms with E-state index in [9.17, 15) is 30.6 Å². The van der Waals surface area contributed by atoms with Crippen molar-refractivity contribution in [1.82, 2.24) is 0 Å². The van der Waals surface area contributed by atoms with Gasteiger partial charge in [0.25, 0.3) is 0 Å². The van der Waals surface area contributed by atoms with Crippen LogP contribution in [0.25, 0.3) is 0 Å². The van der Waals surface area contributed by atoms with E-state index in [4.69, 9.17) is 59.8 Å². The third-order valence-electron chi connectivity index (χ3n) is 6.90. The average molecular weight is 597 g/mol. The van der Waals surface area contributed by atoms with Crippen LogP contribution in [-0.4, -0.2) is 199 Å². The fraction of sp³-hybridized carbons (Fsp3) is 1.00. The van der Waals surface area contributed by atoms with Crippen LogP contribution < -0.4 is 0 Å². The van der Waals surface area contributed by atoms with Crippen LogP contribution in [0.5, 0.6) is 0 Å². The predicted molar refractivity (Wildman–Crippen MR) is 127 cm³/mol. The van der Waals surface area contributed by atoms with Gasteiger partial charge in [-0.05, 0) is 0 Å². The molecule has 0 saturated carbocycles. The zero-order valence-corrected chi connectivity index (χ0v) is 21.8. The standard InChI is InChI=1S/C12H22O11.C10H22O7/c13-1-4-6(16)8(18)9(19)11(21-4)23-12(3-15)10(20)7(17)5(2-14)22-12;11-1-9(2-12,3-13)7-17-8-10(4-14,5-15)6-16/h4-11,13-20H,1-3H2;11-16H,1-8H2/t4-,5-,6-,7-,8+,9-,10+,11-,12+;/m1./s1. The molecule has 40 heavy (non-hydrogen) atoms. The second-order valence-corrected chi connectivity index (χ2v) is 10.0. The van der Waals surface area contributed by atoms with Crippen molar-refractivity contribution in [2.24, 2.45) is 10.8 Å². The Kier molecular flexibility index (Phi) is 15.7. The maximum atomic E-state index is 10.00. The van der Waals surface area contributed by atoms with Crippen LogP contribution in [0, 0.1) is 10.8 Å². The van der Waals surface area contributed by atoms with Crippen molar-refractivity contribution in [2.45, 2.75) is 54.8 Å². The van der Waals surface area contributed by atoms with Crippen molar-refractivity contribution >= 4 is 0 Å². The van der Waals surface area contributed by atoms with E-state index >= 15 is 0 Å². The van der Waals surface area contributed by atoms with Gasteiger partial charge in [0.15, 0.2) is 6.29 Å². The number of rotatable bonds is 15. The third-order valence-corrected chi connectivity index (χ3v) is 6.90. The Morgan fingerprint density at radius 1 is 0.575 bits per heavy atom. The molecule has 2 aliphatic heterocycles.